The van der Waals surface area contributed by atoms with Crippen LogP contribution in [0.2, 0.25) is 0 Å². The predicted octanol–water partition coefficient (Wildman–Crippen LogP) is 2.99. The summed E-state index contributed by atoms with van der Waals surface area (Å²) >= 11 is 1.58. The van der Waals surface area contributed by atoms with E-state index in [9.17, 15) is 13.2 Å². The molecule has 0 atom stereocenters. The third kappa shape index (κ3) is 4.45. The minimum atomic E-state index is -3.88. The largest absolute Gasteiger partial charge is 0.322 e. The summed E-state index contributed by atoms with van der Waals surface area (Å²) in [5.74, 6) is -0.333. The molecule has 0 saturated heterocycles. The molecule has 26 heavy (non-hydrogen) atoms. The number of anilines is 2. The van der Waals surface area contributed by atoms with Gasteiger partial charge in [0.2, 0.25) is 0 Å². The normalized spacial score (nSPS) is 11.2. The van der Waals surface area contributed by atoms with E-state index in [1.165, 1.54) is 12.1 Å². The van der Waals surface area contributed by atoms with E-state index in [4.69, 9.17) is 5.14 Å². The van der Waals surface area contributed by atoms with E-state index in [1.807, 2.05) is 17.5 Å². The number of aromatic nitrogens is 1. The van der Waals surface area contributed by atoms with Gasteiger partial charge in [-0.1, -0.05) is 12.1 Å². The Bertz CT molecular complexity index is 1050. The molecular weight excluding hydrogens is 372 g/mol. The standard InChI is InChI=1S/C17H16N4O3S2/c1-11-14(7-8-15(19-11)16-6-3-9-25-16)17(22)20-12-4-2-5-13(10-12)21-26(18,23)24/h2-10,21H,1H3,(H,20,22)(H2,18,23,24). The molecule has 4 N–H and O–H groups in total. The molecule has 0 saturated carbocycles. The molecule has 0 spiro atoms. The lowest BCUT2D eigenvalue weighted by molar-refractivity contribution is 0.102. The van der Waals surface area contributed by atoms with Crippen molar-refractivity contribution in [2.24, 2.45) is 5.14 Å². The van der Waals surface area contributed by atoms with Crippen molar-refractivity contribution in [2.45, 2.75) is 6.92 Å². The van der Waals surface area contributed by atoms with E-state index in [2.05, 4.69) is 15.0 Å². The summed E-state index contributed by atoms with van der Waals surface area (Å²) in [7, 11) is -3.88. The van der Waals surface area contributed by atoms with Crippen LogP contribution in [0, 0.1) is 6.92 Å². The molecule has 0 bridgehead atoms. The topological polar surface area (TPSA) is 114 Å². The van der Waals surface area contributed by atoms with Crippen LogP contribution < -0.4 is 15.2 Å². The zero-order valence-electron chi connectivity index (χ0n) is 13.8. The van der Waals surface area contributed by atoms with Crippen LogP contribution in [0.3, 0.4) is 0 Å². The molecule has 134 valence electrons. The summed E-state index contributed by atoms with van der Waals surface area (Å²) in [5, 5.41) is 9.65. The molecule has 1 aromatic carbocycles. The van der Waals surface area contributed by atoms with Gasteiger partial charge in [0.15, 0.2) is 0 Å². The van der Waals surface area contributed by atoms with Gasteiger partial charge in [0.25, 0.3) is 16.1 Å². The molecule has 3 aromatic rings. The second kappa shape index (κ2) is 7.24. The number of rotatable bonds is 5. The van der Waals surface area contributed by atoms with E-state index in [0.29, 0.717) is 16.9 Å². The number of carbonyl (C=O) groups is 1. The van der Waals surface area contributed by atoms with Crippen molar-refractivity contribution in [3.8, 4) is 10.6 Å². The van der Waals surface area contributed by atoms with Crippen molar-refractivity contribution < 1.29 is 13.2 Å². The molecule has 0 radical (unpaired) electrons. The lowest BCUT2D eigenvalue weighted by atomic mass is 10.1. The Hall–Kier alpha value is -2.75. The quantitative estimate of drug-likeness (QED) is 0.623. The number of hydrogen-bond donors (Lipinski definition) is 3. The predicted molar refractivity (Wildman–Crippen MR) is 103 cm³/mol. The second-order valence-corrected chi connectivity index (χ2v) is 7.73. The number of pyridine rings is 1. The highest BCUT2D eigenvalue weighted by Crippen LogP contribution is 2.24. The molecule has 0 unspecified atom stereocenters. The van der Waals surface area contributed by atoms with Crippen molar-refractivity contribution >= 4 is 38.8 Å². The summed E-state index contributed by atoms with van der Waals surface area (Å²) < 4.78 is 24.4. The van der Waals surface area contributed by atoms with Crippen LogP contribution in [0.15, 0.2) is 53.9 Å². The van der Waals surface area contributed by atoms with E-state index in [1.54, 1.807) is 42.5 Å². The third-order valence-corrected chi connectivity index (χ3v) is 4.90. The lowest BCUT2D eigenvalue weighted by Gasteiger charge is -2.10. The average molecular weight is 388 g/mol. The van der Waals surface area contributed by atoms with Crippen LogP contribution >= 0.6 is 11.3 Å². The monoisotopic (exact) mass is 388 g/mol. The number of amides is 1. The van der Waals surface area contributed by atoms with Crippen LogP contribution in [0.1, 0.15) is 16.1 Å². The van der Waals surface area contributed by atoms with E-state index in [0.717, 1.165) is 10.6 Å². The maximum absolute atomic E-state index is 12.5. The summed E-state index contributed by atoms with van der Waals surface area (Å²) in [4.78, 5) is 18.0. The SMILES string of the molecule is Cc1nc(-c2cccs2)ccc1C(=O)Nc1cccc(NS(N)(=O)=O)c1. The lowest BCUT2D eigenvalue weighted by Crippen LogP contribution is -2.21. The number of aryl methyl sites for hydroxylation is 1. The van der Waals surface area contributed by atoms with Gasteiger partial charge in [-0.2, -0.15) is 8.42 Å². The molecule has 0 aliphatic carbocycles. The fourth-order valence-corrected chi connectivity index (χ4v) is 3.54. The summed E-state index contributed by atoms with van der Waals surface area (Å²) in [6.45, 7) is 1.77. The molecular formula is C17H16N4O3S2. The Morgan fingerprint density at radius 3 is 2.54 bits per heavy atom. The number of nitrogens with two attached hydrogens (primary N) is 1. The van der Waals surface area contributed by atoms with Gasteiger partial charge in [-0.3, -0.25) is 14.5 Å². The van der Waals surface area contributed by atoms with E-state index < -0.39 is 10.2 Å². The number of benzene rings is 1. The summed E-state index contributed by atoms with van der Waals surface area (Å²) in [6, 6.07) is 13.7. The highest BCUT2D eigenvalue weighted by molar-refractivity contribution is 7.90. The van der Waals surface area contributed by atoms with Gasteiger partial charge in [0, 0.05) is 5.69 Å². The molecule has 2 heterocycles. The number of carbonyl (C=O) groups excluding carboxylic acids is 1. The smallest absolute Gasteiger partial charge is 0.296 e. The first-order valence-corrected chi connectivity index (χ1v) is 9.98. The Balaban J connectivity index is 1.79. The van der Waals surface area contributed by atoms with Crippen molar-refractivity contribution in [1.29, 1.82) is 0 Å². The molecule has 9 heteroatoms. The Kier molecular flexibility index (Phi) is 5.03. The van der Waals surface area contributed by atoms with Crippen LogP contribution in [0.5, 0.6) is 0 Å². The zero-order chi connectivity index (χ0) is 18.7. The first-order chi connectivity index (χ1) is 12.3. The maximum Gasteiger partial charge on any atom is 0.296 e. The Morgan fingerprint density at radius 1 is 1.12 bits per heavy atom. The molecule has 0 aliphatic heterocycles. The van der Waals surface area contributed by atoms with Crippen LogP contribution in [0.4, 0.5) is 11.4 Å². The zero-order valence-corrected chi connectivity index (χ0v) is 15.4. The number of nitrogens with one attached hydrogen (secondary N) is 2. The minimum absolute atomic E-state index is 0.258. The van der Waals surface area contributed by atoms with Gasteiger partial charge in [-0.05, 0) is 48.7 Å². The Labute approximate surface area is 155 Å². The van der Waals surface area contributed by atoms with Crippen molar-refractivity contribution in [2.75, 3.05) is 10.0 Å². The van der Waals surface area contributed by atoms with Gasteiger partial charge >= 0.3 is 0 Å². The molecule has 1 amide bonds. The van der Waals surface area contributed by atoms with Crippen LogP contribution in [-0.4, -0.2) is 19.3 Å². The minimum Gasteiger partial charge on any atom is -0.322 e. The highest BCUT2D eigenvalue weighted by atomic mass is 32.2. The molecule has 0 aliphatic rings. The van der Waals surface area contributed by atoms with Gasteiger partial charge < -0.3 is 5.32 Å². The molecule has 7 nitrogen and oxygen atoms in total. The van der Waals surface area contributed by atoms with Crippen molar-refractivity contribution in [3.05, 3.63) is 65.2 Å². The van der Waals surface area contributed by atoms with E-state index in [-0.39, 0.29) is 11.6 Å². The van der Waals surface area contributed by atoms with Crippen LogP contribution in [0.25, 0.3) is 10.6 Å². The average Bonchev–Trinajstić information content (AvgIpc) is 3.07. The van der Waals surface area contributed by atoms with Gasteiger partial charge in [-0.15, -0.1) is 11.3 Å². The molecule has 0 fully saturated rings. The van der Waals surface area contributed by atoms with Crippen molar-refractivity contribution in [3.63, 3.8) is 0 Å². The summed E-state index contributed by atoms with van der Waals surface area (Å²) in [6.07, 6.45) is 0. The maximum atomic E-state index is 12.5. The van der Waals surface area contributed by atoms with E-state index >= 15 is 0 Å². The number of hydrogen-bond acceptors (Lipinski definition) is 5. The first kappa shape index (κ1) is 18.1. The molecule has 3 rings (SSSR count). The fraction of sp³-hybridized carbons (Fsp3) is 0.0588. The number of thiophene rings is 1. The fourth-order valence-electron chi connectivity index (χ4n) is 2.39. The van der Waals surface area contributed by atoms with Crippen LogP contribution in [-0.2, 0) is 10.2 Å². The highest BCUT2D eigenvalue weighted by Gasteiger charge is 2.13. The van der Waals surface area contributed by atoms with Gasteiger partial charge in [-0.25, -0.2) is 5.14 Å². The Morgan fingerprint density at radius 2 is 1.88 bits per heavy atom. The second-order valence-electron chi connectivity index (χ2n) is 5.49. The van der Waals surface area contributed by atoms with Gasteiger partial charge in [0.1, 0.15) is 0 Å². The van der Waals surface area contributed by atoms with Gasteiger partial charge in [0.05, 0.1) is 27.5 Å². The number of nitrogens with zero attached hydrogens (tertiary/aromatic N) is 1. The first-order valence-electron chi connectivity index (χ1n) is 7.55. The summed E-state index contributed by atoms with van der Waals surface area (Å²) in [5.41, 5.74) is 2.55. The van der Waals surface area contributed by atoms with Crippen molar-refractivity contribution in [1.82, 2.24) is 4.98 Å². The third-order valence-electron chi connectivity index (χ3n) is 3.48. The molecule has 2 aromatic heterocycles.